The van der Waals surface area contributed by atoms with Crippen molar-refractivity contribution < 1.29 is 4.79 Å². The van der Waals surface area contributed by atoms with Gasteiger partial charge in [0.1, 0.15) is 0 Å². The molecule has 0 fully saturated rings. The SMILES string of the molecule is CCSc1ccc(C(=O)Nc2nc(-c3ccc(C)s3)cs2)cn1. The van der Waals surface area contributed by atoms with E-state index in [0.29, 0.717) is 10.7 Å². The molecule has 0 unspecified atom stereocenters. The van der Waals surface area contributed by atoms with Crippen molar-refractivity contribution in [2.45, 2.75) is 18.9 Å². The van der Waals surface area contributed by atoms with Crippen LogP contribution in [-0.4, -0.2) is 21.6 Å². The summed E-state index contributed by atoms with van der Waals surface area (Å²) >= 11 is 4.77. The van der Waals surface area contributed by atoms with E-state index < -0.39 is 0 Å². The fourth-order valence-electron chi connectivity index (χ4n) is 1.93. The molecule has 0 saturated heterocycles. The van der Waals surface area contributed by atoms with Crippen molar-refractivity contribution in [1.82, 2.24) is 9.97 Å². The maximum Gasteiger partial charge on any atom is 0.259 e. The van der Waals surface area contributed by atoms with Gasteiger partial charge in [-0.05, 0) is 36.9 Å². The van der Waals surface area contributed by atoms with Crippen LogP contribution in [0.3, 0.4) is 0 Å². The monoisotopic (exact) mass is 361 g/mol. The van der Waals surface area contributed by atoms with Crippen molar-refractivity contribution >= 4 is 45.5 Å². The van der Waals surface area contributed by atoms with Crippen LogP contribution in [-0.2, 0) is 0 Å². The Labute approximate surface area is 147 Å². The van der Waals surface area contributed by atoms with Crippen LogP contribution < -0.4 is 5.32 Å². The minimum atomic E-state index is -0.186. The smallest absolute Gasteiger partial charge is 0.259 e. The average Bonchev–Trinajstić information content (AvgIpc) is 3.17. The number of rotatable bonds is 5. The molecule has 1 N–H and O–H groups in total. The summed E-state index contributed by atoms with van der Waals surface area (Å²) in [5.74, 6) is 0.775. The molecular weight excluding hydrogens is 346 g/mol. The Kier molecular flexibility index (Phi) is 5.09. The molecule has 3 heterocycles. The number of hydrogen-bond donors (Lipinski definition) is 1. The third kappa shape index (κ3) is 3.99. The normalized spacial score (nSPS) is 10.7. The molecule has 7 heteroatoms. The van der Waals surface area contributed by atoms with E-state index in [0.717, 1.165) is 21.3 Å². The molecule has 0 bridgehead atoms. The minimum absolute atomic E-state index is 0.186. The first-order valence-corrected chi connectivity index (χ1v) is 9.76. The summed E-state index contributed by atoms with van der Waals surface area (Å²) in [6, 6.07) is 7.77. The van der Waals surface area contributed by atoms with Crippen LogP contribution in [0.15, 0.2) is 40.9 Å². The Bertz CT molecular complexity index is 808. The van der Waals surface area contributed by atoms with Crippen molar-refractivity contribution in [1.29, 1.82) is 0 Å². The number of hydrogen-bond acceptors (Lipinski definition) is 6. The molecule has 3 aromatic rings. The molecule has 0 aromatic carbocycles. The molecule has 4 nitrogen and oxygen atoms in total. The van der Waals surface area contributed by atoms with E-state index >= 15 is 0 Å². The highest BCUT2D eigenvalue weighted by atomic mass is 32.2. The van der Waals surface area contributed by atoms with Gasteiger partial charge in [-0.1, -0.05) is 6.92 Å². The molecule has 3 rings (SSSR count). The minimum Gasteiger partial charge on any atom is -0.298 e. The summed E-state index contributed by atoms with van der Waals surface area (Å²) in [6.07, 6.45) is 1.60. The lowest BCUT2D eigenvalue weighted by molar-refractivity contribution is 0.102. The number of aromatic nitrogens is 2. The first-order chi connectivity index (χ1) is 11.2. The van der Waals surface area contributed by atoms with Crippen LogP contribution in [0, 0.1) is 6.92 Å². The lowest BCUT2D eigenvalue weighted by Crippen LogP contribution is -2.11. The summed E-state index contributed by atoms with van der Waals surface area (Å²) < 4.78 is 0. The zero-order valence-electron chi connectivity index (χ0n) is 12.7. The molecule has 0 saturated carbocycles. The van der Waals surface area contributed by atoms with E-state index in [1.165, 1.54) is 16.2 Å². The van der Waals surface area contributed by atoms with Crippen molar-refractivity contribution in [3.63, 3.8) is 0 Å². The van der Waals surface area contributed by atoms with Gasteiger partial charge in [0.15, 0.2) is 5.13 Å². The second kappa shape index (κ2) is 7.25. The van der Waals surface area contributed by atoms with Gasteiger partial charge in [-0.2, -0.15) is 0 Å². The van der Waals surface area contributed by atoms with Crippen LogP contribution in [0.2, 0.25) is 0 Å². The highest BCUT2D eigenvalue weighted by Gasteiger charge is 2.11. The molecule has 118 valence electrons. The van der Waals surface area contributed by atoms with Gasteiger partial charge in [0.2, 0.25) is 0 Å². The lowest BCUT2D eigenvalue weighted by atomic mass is 10.3. The summed E-state index contributed by atoms with van der Waals surface area (Å²) in [7, 11) is 0. The second-order valence-electron chi connectivity index (χ2n) is 4.72. The molecule has 0 aliphatic carbocycles. The number of anilines is 1. The molecule has 0 radical (unpaired) electrons. The van der Waals surface area contributed by atoms with Crippen LogP contribution in [0.1, 0.15) is 22.2 Å². The predicted molar refractivity (Wildman–Crippen MR) is 98.8 cm³/mol. The number of nitrogens with zero attached hydrogens (tertiary/aromatic N) is 2. The molecular formula is C16H15N3OS3. The number of pyridine rings is 1. The summed E-state index contributed by atoms with van der Waals surface area (Å²) in [6.45, 7) is 4.14. The third-order valence-electron chi connectivity index (χ3n) is 3.01. The molecule has 3 aromatic heterocycles. The molecule has 0 aliphatic rings. The number of aryl methyl sites for hydroxylation is 1. The van der Waals surface area contributed by atoms with Crippen molar-refractivity contribution in [2.24, 2.45) is 0 Å². The predicted octanol–water partition coefficient (Wildman–Crippen LogP) is 4.94. The van der Waals surface area contributed by atoms with Crippen LogP contribution in [0.25, 0.3) is 10.6 Å². The molecule has 0 atom stereocenters. The standard InChI is InChI=1S/C16H15N3OS3/c1-3-21-14-7-5-11(8-17-14)15(20)19-16-18-12(9-22-16)13-6-4-10(2)23-13/h4-9H,3H2,1-2H3,(H,18,19,20). The third-order valence-corrected chi connectivity index (χ3v) is 5.62. The van der Waals surface area contributed by atoms with Gasteiger partial charge in [-0.15, -0.1) is 34.4 Å². The van der Waals surface area contributed by atoms with E-state index in [2.05, 4.69) is 41.3 Å². The van der Waals surface area contributed by atoms with E-state index in [1.807, 2.05) is 11.4 Å². The Morgan fingerprint density at radius 1 is 1.30 bits per heavy atom. The molecule has 23 heavy (non-hydrogen) atoms. The second-order valence-corrected chi connectivity index (χ2v) is 8.15. The van der Waals surface area contributed by atoms with Gasteiger partial charge in [0.05, 0.1) is 21.2 Å². The van der Waals surface area contributed by atoms with E-state index in [4.69, 9.17) is 0 Å². The Morgan fingerprint density at radius 3 is 2.83 bits per heavy atom. The van der Waals surface area contributed by atoms with E-state index in [1.54, 1.807) is 35.4 Å². The largest absolute Gasteiger partial charge is 0.298 e. The number of nitrogens with one attached hydrogen (secondary N) is 1. The van der Waals surface area contributed by atoms with Crippen LogP contribution in [0.5, 0.6) is 0 Å². The van der Waals surface area contributed by atoms with Gasteiger partial charge in [0.25, 0.3) is 5.91 Å². The topological polar surface area (TPSA) is 54.9 Å². The van der Waals surface area contributed by atoms with E-state index in [-0.39, 0.29) is 5.91 Å². The summed E-state index contributed by atoms with van der Waals surface area (Å²) in [5.41, 5.74) is 1.44. The average molecular weight is 362 g/mol. The van der Waals surface area contributed by atoms with E-state index in [9.17, 15) is 4.79 Å². The summed E-state index contributed by atoms with van der Waals surface area (Å²) in [5, 5.41) is 6.32. The zero-order valence-corrected chi connectivity index (χ0v) is 15.1. The number of thioether (sulfide) groups is 1. The molecule has 1 amide bonds. The van der Waals surface area contributed by atoms with Crippen LogP contribution in [0.4, 0.5) is 5.13 Å². The van der Waals surface area contributed by atoms with Crippen molar-refractivity contribution in [3.8, 4) is 10.6 Å². The highest BCUT2D eigenvalue weighted by Crippen LogP contribution is 2.30. The highest BCUT2D eigenvalue weighted by molar-refractivity contribution is 7.99. The number of amides is 1. The Morgan fingerprint density at radius 2 is 2.17 bits per heavy atom. The first-order valence-electron chi connectivity index (χ1n) is 7.08. The number of thiophene rings is 1. The Hall–Kier alpha value is -1.70. The molecule has 0 aliphatic heterocycles. The van der Waals surface area contributed by atoms with Gasteiger partial charge < -0.3 is 0 Å². The molecule has 0 spiro atoms. The zero-order chi connectivity index (χ0) is 16.2. The maximum absolute atomic E-state index is 12.2. The Balaban J connectivity index is 1.69. The van der Waals surface area contributed by atoms with Gasteiger partial charge in [0, 0.05) is 16.5 Å². The fraction of sp³-hybridized carbons (Fsp3) is 0.188. The van der Waals surface area contributed by atoms with Gasteiger partial charge >= 0.3 is 0 Å². The maximum atomic E-state index is 12.2. The lowest BCUT2D eigenvalue weighted by Gasteiger charge is -2.02. The number of carbonyl (C=O) groups is 1. The number of carbonyl (C=O) groups excluding carboxylic acids is 1. The van der Waals surface area contributed by atoms with Crippen LogP contribution >= 0.6 is 34.4 Å². The van der Waals surface area contributed by atoms with Gasteiger partial charge in [-0.25, -0.2) is 9.97 Å². The van der Waals surface area contributed by atoms with Crippen molar-refractivity contribution in [2.75, 3.05) is 11.1 Å². The van der Waals surface area contributed by atoms with Crippen molar-refractivity contribution in [3.05, 3.63) is 46.3 Å². The van der Waals surface area contributed by atoms with Gasteiger partial charge in [-0.3, -0.25) is 10.1 Å². The summed E-state index contributed by atoms with van der Waals surface area (Å²) in [4.78, 5) is 23.4. The number of thiazole rings is 1. The first kappa shape index (κ1) is 16.2. The quantitative estimate of drug-likeness (QED) is 0.654. The fourth-order valence-corrected chi connectivity index (χ4v) is 4.13.